The molecule has 2 aromatic rings. The number of rotatable bonds is 2. The van der Waals surface area contributed by atoms with Gasteiger partial charge in [0.1, 0.15) is 0 Å². The molecule has 0 aliphatic carbocycles. The van der Waals surface area contributed by atoms with E-state index in [2.05, 4.69) is 77.1 Å². The number of hydrogen-bond donors (Lipinski definition) is 0. The topological polar surface area (TPSA) is 0 Å². The van der Waals surface area contributed by atoms with Crippen molar-refractivity contribution in [3.05, 3.63) is 48.0 Å². The van der Waals surface area contributed by atoms with Crippen molar-refractivity contribution in [3.63, 3.8) is 0 Å². The van der Waals surface area contributed by atoms with E-state index in [9.17, 15) is 0 Å². The molecule has 0 unspecified atom stereocenters. The third kappa shape index (κ3) is 2.75. The Morgan fingerprint density at radius 3 is 2.28 bits per heavy atom. The third-order valence-electron chi connectivity index (χ3n) is 3.41. The molecule has 0 N–H and O–H groups in total. The minimum Gasteiger partial charge on any atom is -0.0616 e. The second-order valence-corrected chi connectivity index (χ2v) is 7.06. The van der Waals surface area contributed by atoms with E-state index in [0.717, 1.165) is 0 Å². The maximum absolute atomic E-state index is 3.33. The zero-order valence-electron chi connectivity index (χ0n) is 12.2. The lowest BCUT2D eigenvalue weighted by Gasteiger charge is -2.33. The molecule has 0 saturated heterocycles. The summed E-state index contributed by atoms with van der Waals surface area (Å²) in [7, 11) is 0. The normalized spacial score (nSPS) is 12.9. The molecule has 2 aromatic carbocycles. The Balaban J connectivity index is 2.53. The fourth-order valence-electron chi connectivity index (χ4n) is 3.16. The fourth-order valence-corrected chi connectivity index (χ4v) is 3.16. The van der Waals surface area contributed by atoms with E-state index in [1.807, 2.05) is 0 Å². The first-order valence-corrected chi connectivity index (χ1v) is 6.70. The van der Waals surface area contributed by atoms with Crippen LogP contribution in [0.1, 0.15) is 46.6 Å². The molecule has 95 valence electrons. The van der Waals surface area contributed by atoms with Gasteiger partial charge in [-0.1, -0.05) is 71.0 Å². The Morgan fingerprint density at radius 1 is 0.944 bits per heavy atom. The summed E-state index contributed by atoms with van der Waals surface area (Å²) in [5.41, 5.74) is 1.96. The van der Waals surface area contributed by atoms with E-state index >= 15 is 0 Å². The number of fused-ring (bicyclic) bond motifs is 1. The first-order valence-electron chi connectivity index (χ1n) is 6.70. The van der Waals surface area contributed by atoms with E-state index in [1.54, 1.807) is 0 Å². The highest BCUT2D eigenvalue weighted by atomic mass is 14.3. The van der Waals surface area contributed by atoms with Gasteiger partial charge in [0.2, 0.25) is 0 Å². The zero-order valence-corrected chi connectivity index (χ0v) is 12.2. The maximum atomic E-state index is 3.33. The van der Waals surface area contributed by atoms with Crippen molar-refractivity contribution >= 4 is 10.8 Å². The Kier molecular flexibility index (Phi) is 3.23. The van der Waals surface area contributed by atoms with Crippen LogP contribution in [0, 0.1) is 11.5 Å². The quantitative estimate of drug-likeness (QED) is 0.662. The van der Waals surface area contributed by atoms with Crippen LogP contribution in [0.2, 0.25) is 0 Å². The van der Waals surface area contributed by atoms with Crippen molar-refractivity contribution in [1.29, 1.82) is 0 Å². The minimum atomic E-state index is 0.187. The highest BCUT2D eigenvalue weighted by Crippen LogP contribution is 2.38. The van der Waals surface area contributed by atoms with Crippen molar-refractivity contribution in [2.75, 3.05) is 0 Å². The van der Waals surface area contributed by atoms with E-state index in [4.69, 9.17) is 0 Å². The summed E-state index contributed by atoms with van der Waals surface area (Å²) in [5.74, 6) is 0. The second kappa shape index (κ2) is 4.42. The summed E-state index contributed by atoms with van der Waals surface area (Å²) in [5, 5.41) is 2.56. The molecule has 0 fully saturated rings. The van der Waals surface area contributed by atoms with Gasteiger partial charge in [-0.05, 0) is 39.7 Å². The summed E-state index contributed by atoms with van der Waals surface area (Å²) >= 11 is 0. The van der Waals surface area contributed by atoms with Gasteiger partial charge >= 0.3 is 0 Å². The predicted molar refractivity (Wildman–Crippen MR) is 79.9 cm³/mol. The molecule has 0 spiro atoms. The lowest BCUT2D eigenvalue weighted by Crippen LogP contribution is -2.25. The SMILES string of the molecule is CC(C)(C)CC(C)(C)c1cc[c]c2ccccc12. The smallest absolute Gasteiger partial charge is 0.00924 e. The van der Waals surface area contributed by atoms with Crippen LogP contribution in [0.5, 0.6) is 0 Å². The standard InChI is InChI=1S/C18H23/c1-17(2,3)13-18(4,5)16-12-8-10-14-9-6-7-11-15(14)16/h6-9,11-12H,13H2,1-5H3. The highest BCUT2D eigenvalue weighted by Gasteiger charge is 2.28. The summed E-state index contributed by atoms with van der Waals surface area (Å²) < 4.78 is 0. The number of hydrogen-bond acceptors (Lipinski definition) is 0. The van der Waals surface area contributed by atoms with Crippen LogP contribution in [0.4, 0.5) is 0 Å². The molecule has 2 rings (SSSR count). The Hall–Kier alpha value is -1.30. The first-order chi connectivity index (χ1) is 8.30. The van der Waals surface area contributed by atoms with Crippen molar-refractivity contribution < 1.29 is 0 Å². The van der Waals surface area contributed by atoms with Crippen LogP contribution < -0.4 is 0 Å². The fraction of sp³-hybridized carbons (Fsp3) is 0.444. The number of benzene rings is 2. The van der Waals surface area contributed by atoms with E-state index in [0.29, 0.717) is 5.41 Å². The average Bonchev–Trinajstić information content (AvgIpc) is 2.25. The van der Waals surface area contributed by atoms with Gasteiger partial charge in [0.05, 0.1) is 0 Å². The van der Waals surface area contributed by atoms with Crippen molar-refractivity contribution in [2.24, 2.45) is 5.41 Å². The molecule has 0 amide bonds. The first kappa shape index (κ1) is 13.1. The molecular formula is C18H23. The van der Waals surface area contributed by atoms with E-state index in [1.165, 1.54) is 22.8 Å². The largest absolute Gasteiger partial charge is 0.0616 e. The van der Waals surface area contributed by atoms with Crippen LogP contribution in [-0.2, 0) is 5.41 Å². The van der Waals surface area contributed by atoms with Crippen molar-refractivity contribution in [3.8, 4) is 0 Å². The van der Waals surface area contributed by atoms with Gasteiger partial charge in [-0.25, -0.2) is 0 Å². The molecule has 1 radical (unpaired) electrons. The Labute approximate surface area is 111 Å². The lowest BCUT2D eigenvalue weighted by atomic mass is 9.71. The van der Waals surface area contributed by atoms with Gasteiger partial charge < -0.3 is 0 Å². The minimum absolute atomic E-state index is 0.187. The van der Waals surface area contributed by atoms with Gasteiger partial charge in [0.25, 0.3) is 0 Å². The molecule has 0 aromatic heterocycles. The van der Waals surface area contributed by atoms with Gasteiger partial charge in [-0.15, -0.1) is 0 Å². The lowest BCUT2D eigenvalue weighted by molar-refractivity contribution is 0.285. The molecule has 0 atom stereocenters. The zero-order chi connectivity index (χ0) is 13.4. The van der Waals surface area contributed by atoms with Crippen molar-refractivity contribution in [2.45, 2.75) is 46.5 Å². The highest BCUT2D eigenvalue weighted by molar-refractivity contribution is 5.86. The van der Waals surface area contributed by atoms with Crippen molar-refractivity contribution in [1.82, 2.24) is 0 Å². The molecular weight excluding hydrogens is 216 g/mol. The second-order valence-electron chi connectivity index (χ2n) is 7.06. The van der Waals surface area contributed by atoms with Gasteiger partial charge in [-0.3, -0.25) is 0 Å². The molecule has 18 heavy (non-hydrogen) atoms. The van der Waals surface area contributed by atoms with Crippen LogP contribution >= 0.6 is 0 Å². The molecule has 0 nitrogen and oxygen atoms in total. The molecule has 0 heterocycles. The average molecular weight is 239 g/mol. The van der Waals surface area contributed by atoms with Crippen LogP contribution in [0.15, 0.2) is 36.4 Å². The van der Waals surface area contributed by atoms with Gasteiger partial charge in [-0.2, -0.15) is 0 Å². The predicted octanol–water partition coefficient (Wildman–Crippen LogP) is 5.35. The maximum Gasteiger partial charge on any atom is -0.00924 e. The third-order valence-corrected chi connectivity index (χ3v) is 3.41. The molecule has 0 heteroatoms. The summed E-state index contributed by atoms with van der Waals surface area (Å²) in [6.45, 7) is 11.6. The van der Waals surface area contributed by atoms with Gasteiger partial charge in [0.15, 0.2) is 0 Å². The van der Waals surface area contributed by atoms with Gasteiger partial charge in [0, 0.05) is 0 Å². The van der Waals surface area contributed by atoms with Crippen LogP contribution in [-0.4, -0.2) is 0 Å². The van der Waals surface area contributed by atoms with E-state index < -0.39 is 0 Å². The molecule has 0 aliphatic rings. The molecule has 0 bridgehead atoms. The molecule has 0 saturated carbocycles. The summed E-state index contributed by atoms with van der Waals surface area (Å²) in [4.78, 5) is 0. The van der Waals surface area contributed by atoms with E-state index in [-0.39, 0.29) is 5.41 Å². The van der Waals surface area contributed by atoms with Crippen LogP contribution in [0.25, 0.3) is 10.8 Å². The Morgan fingerprint density at radius 2 is 1.61 bits per heavy atom. The molecule has 0 aliphatic heterocycles. The summed E-state index contributed by atoms with van der Waals surface area (Å²) in [6.07, 6.45) is 1.17. The monoisotopic (exact) mass is 239 g/mol. The summed E-state index contributed by atoms with van der Waals surface area (Å²) in [6, 6.07) is 16.2. The Bertz CT molecular complexity index is 536. The van der Waals surface area contributed by atoms with Crippen LogP contribution in [0.3, 0.4) is 0 Å².